The summed E-state index contributed by atoms with van der Waals surface area (Å²) in [5.74, 6) is 0.812. The number of hydrogen-bond acceptors (Lipinski definition) is 3. The first-order chi connectivity index (χ1) is 6.46. The third-order valence-corrected chi connectivity index (χ3v) is 6.34. The second-order valence-corrected chi connectivity index (χ2v) is 8.38. The smallest absolute Gasteiger partial charge is 0.0935 e. The van der Waals surface area contributed by atoms with Gasteiger partial charge in [0, 0.05) is 21.8 Å². The Morgan fingerprint density at radius 3 is 2.50 bits per heavy atom. The third-order valence-electron chi connectivity index (χ3n) is 2.36. The minimum Gasteiger partial charge on any atom is -0.393 e. The quantitative estimate of drug-likeness (QED) is 0.812. The molecule has 1 aliphatic heterocycles. The Morgan fingerprint density at radius 2 is 2.14 bits per heavy atom. The molecule has 0 aromatic rings. The summed E-state index contributed by atoms with van der Waals surface area (Å²) in [6.07, 6.45) is 2.36. The van der Waals surface area contributed by atoms with Crippen molar-refractivity contribution < 1.29 is 9.32 Å². The van der Waals surface area contributed by atoms with Crippen molar-refractivity contribution in [3.05, 3.63) is 0 Å². The van der Waals surface area contributed by atoms with E-state index in [2.05, 4.69) is 13.8 Å². The molecule has 0 aliphatic carbocycles. The third kappa shape index (κ3) is 2.97. The van der Waals surface area contributed by atoms with Gasteiger partial charge in [-0.1, -0.05) is 13.8 Å². The van der Waals surface area contributed by atoms with Crippen LogP contribution in [0.5, 0.6) is 0 Å². The highest BCUT2D eigenvalue weighted by molar-refractivity contribution is 8.13. The first-order valence-electron chi connectivity index (χ1n) is 5.20. The standard InChI is InChI=1S/C10H20O2S2/c1-8(2)13-10(7-9(3)11)5-4-6-14(10)12/h8-9,11H,4-7H2,1-3H3/t9-,10-,14?/m0/s1. The van der Waals surface area contributed by atoms with Gasteiger partial charge < -0.3 is 5.11 Å². The van der Waals surface area contributed by atoms with Gasteiger partial charge in [0.2, 0.25) is 0 Å². The Labute approximate surface area is 93.3 Å². The summed E-state index contributed by atoms with van der Waals surface area (Å²) in [5.41, 5.74) is 0. The molecule has 2 nitrogen and oxygen atoms in total. The minimum atomic E-state index is -0.757. The lowest BCUT2D eigenvalue weighted by molar-refractivity contribution is 0.179. The van der Waals surface area contributed by atoms with Crippen molar-refractivity contribution in [2.45, 2.75) is 55.5 Å². The molecule has 1 fully saturated rings. The van der Waals surface area contributed by atoms with E-state index in [1.807, 2.05) is 0 Å². The maximum atomic E-state index is 11.9. The summed E-state index contributed by atoms with van der Waals surface area (Å²) in [7, 11) is -0.757. The van der Waals surface area contributed by atoms with E-state index < -0.39 is 10.8 Å². The normalized spacial score (nSPS) is 35.1. The fourth-order valence-electron chi connectivity index (χ4n) is 2.01. The zero-order valence-corrected chi connectivity index (χ0v) is 10.8. The predicted octanol–water partition coefficient (Wildman–Crippen LogP) is 2.14. The summed E-state index contributed by atoms with van der Waals surface area (Å²) in [5, 5.41) is 9.94. The van der Waals surface area contributed by atoms with Crippen LogP contribution in [0.15, 0.2) is 0 Å². The van der Waals surface area contributed by atoms with Crippen LogP contribution in [0.1, 0.15) is 40.0 Å². The number of aliphatic hydroxyl groups excluding tert-OH is 1. The lowest BCUT2D eigenvalue weighted by Crippen LogP contribution is -2.32. The molecule has 1 saturated heterocycles. The van der Waals surface area contributed by atoms with Gasteiger partial charge in [-0.3, -0.25) is 4.21 Å². The molecule has 1 heterocycles. The van der Waals surface area contributed by atoms with Gasteiger partial charge in [0.1, 0.15) is 0 Å². The van der Waals surface area contributed by atoms with E-state index in [-0.39, 0.29) is 10.2 Å². The summed E-state index contributed by atoms with van der Waals surface area (Å²) in [4.78, 5) is 0. The molecular formula is C10H20O2S2. The number of rotatable bonds is 4. The Hall–Kier alpha value is 0.460. The van der Waals surface area contributed by atoms with Gasteiger partial charge >= 0.3 is 0 Å². The number of hydrogen-bond donors (Lipinski definition) is 1. The first kappa shape index (κ1) is 12.5. The summed E-state index contributed by atoms with van der Waals surface area (Å²) in [6, 6.07) is 0. The predicted molar refractivity (Wildman–Crippen MR) is 64.0 cm³/mol. The van der Waals surface area contributed by atoms with Gasteiger partial charge in [-0.25, -0.2) is 0 Å². The lowest BCUT2D eigenvalue weighted by Gasteiger charge is -2.30. The van der Waals surface area contributed by atoms with Crippen LogP contribution in [0.4, 0.5) is 0 Å². The highest BCUT2D eigenvalue weighted by atomic mass is 32.2. The highest BCUT2D eigenvalue weighted by Gasteiger charge is 2.42. The maximum absolute atomic E-state index is 11.9. The van der Waals surface area contributed by atoms with Crippen LogP contribution in [0, 0.1) is 0 Å². The van der Waals surface area contributed by atoms with Crippen LogP contribution in [-0.2, 0) is 10.8 Å². The lowest BCUT2D eigenvalue weighted by atomic mass is 10.1. The van der Waals surface area contributed by atoms with Crippen LogP contribution in [0.3, 0.4) is 0 Å². The summed E-state index contributed by atoms with van der Waals surface area (Å²) < 4.78 is 11.8. The van der Waals surface area contributed by atoms with E-state index in [0.717, 1.165) is 18.6 Å². The molecule has 0 saturated carbocycles. The molecule has 3 atom stereocenters. The van der Waals surface area contributed by atoms with Crippen molar-refractivity contribution in [2.75, 3.05) is 5.75 Å². The molecule has 84 valence electrons. The zero-order chi connectivity index (χ0) is 10.8. The van der Waals surface area contributed by atoms with Crippen LogP contribution >= 0.6 is 11.8 Å². The van der Waals surface area contributed by atoms with Crippen LogP contribution < -0.4 is 0 Å². The Bertz CT molecular complexity index is 204. The van der Waals surface area contributed by atoms with Gasteiger partial charge in [0.25, 0.3) is 0 Å². The van der Waals surface area contributed by atoms with Crippen LogP contribution in [0.2, 0.25) is 0 Å². The maximum Gasteiger partial charge on any atom is 0.0935 e. The number of aliphatic hydroxyl groups is 1. The average Bonchev–Trinajstić information content (AvgIpc) is 2.29. The van der Waals surface area contributed by atoms with Crippen molar-refractivity contribution in [1.29, 1.82) is 0 Å². The van der Waals surface area contributed by atoms with E-state index in [4.69, 9.17) is 0 Å². The van der Waals surface area contributed by atoms with E-state index in [9.17, 15) is 9.32 Å². The molecule has 0 bridgehead atoms. The van der Waals surface area contributed by atoms with Crippen LogP contribution in [-0.4, -0.2) is 30.5 Å². The molecule has 4 heteroatoms. The SMILES string of the molecule is CC(C)S[C@@]1(C[C@H](C)O)CCCS1=O. The molecule has 1 rings (SSSR count). The summed E-state index contributed by atoms with van der Waals surface area (Å²) >= 11 is 1.79. The topological polar surface area (TPSA) is 37.3 Å². The van der Waals surface area contributed by atoms with Crippen molar-refractivity contribution in [3.63, 3.8) is 0 Å². The Morgan fingerprint density at radius 1 is 1.50 bits per heavy atom. The second kappa shape index (κ2) is 4.99. The minimum absolute atomic E-state index is 0.164. The summed E-state index contributed by atoms with van der Waals surface area (Å²) in [6.45, 7) is 6.05. The number of thioether (sulfide) groups is 1. The molecular weight excluding hydrogens is 216 g/mol. The van der Waals surface area contributed by atoms with E-state index in [1.54, 1.807) is 18.7 Å². The molecule has 14 heavy (non-hydrogen) atoms. The zero-order valence-electron chi connectivity index (χ0n) is 9.16. The highest BCUT2D eigenvalue weighted by Crippen LogP contribution is 2.45. The molecule has 1 unspecified atom stereocenters. The van der Waals surface area contributed by atoms with Crippen molar-refractivity contribution in [2.24, 2.45) is 0 Å². The largest absolute Gasteiger partial charge is 0.393 e. The van der Waals surface area contributed by atoms with Crippen molar-refractivity contribution >= 4 is 22.6 Å². The molecule has 0 aromatic carbocycles. The molecule has 1 aliphatic rings. The molecule has 0 aromatic heterocycles. The van der Waals surface area contributed by atoms with Gasteiger partial charge in [0.05, 0.1) is 10.2 Å². The second-order valence-electron chi connectivity index (χ2n) is 4.28. The fraction of sp³-hybridized carbons (Fsp3) is 1.00. The molecule has 0 spiro atoms. The van der Waals surface area contributed by atoms with Gasteiger partial charge in [0.15, 0.2) is 0 Å². The average molecular weight is 236 g/mol. The van der Waals surface area contributed by atoms with Crippen molar-refractivity contribution in [1.82, 2.24) is 0 Å². The van der Waals surface area contributed by atoms with Crippen molar-refractivity contribution in [3.8, 4) is 0 Å². The van der Waals surface area contributed by atoms with Gasteiger partial charge in [-0.15, -0.1) is 11.8 Å². The first-order valence-corrected chi connectivity index (χ1v) is 7.40. The van der Waals surface area contributed by atoms with Gasteiger partial charge in [-0.05, 0) is 26.2 Å². The molecule has 0 radical (unpaired) electrons. The monoisotopic (exact) mass is 236 g/mol. The van der Waals surface area contributed by atoms with Crippen LogP contribution in [0.25, 0.3) is 0 Å². The fourth-order valence-corrected chi connectivity index (χ4v) is 6.30. The van der Waals surface area contributed by atoms with E-state index >= 15 is 0 Å². The Balaban J connectivity index is 2.73. The van der Waals surface area contributed by atoms with E-state index in [0.29, 0.717) is 11.7 Å². The Kier molecular flexibility index (Phi) is 4.47. The van der Waals surface area contributed by atoms with E-state index in [1.165, 1.54) is 0 Å². The van der Waals surface area contributed by atoms with Gasteiger partial charge in [-0.2, -0.15) is 0 Å². The molecule has 0 amide bonds. The molecule has 1 N–H and O–H groups in total.